The Bertz CT molecular complexity index is 452. The topological polar surface area (TPSA) is 70.2 Å². The van der Waals surface area contributed by atoms with Crippen molar-refractivity contribution in [1.29, 1.82) is 0 Å². The highest BCUT2D eigenvalue weighted by atomic mass is 16.2. The zero-order valence-corrected chi connectivity index (χ0v) is 11.0. The molecule has 2 fully saturated rings. The second-order valence-electron chi connectivity index (χ2n) is 5.42. The summed E-state index contributed by atoms with van der Waals surface area (Å²) in [5, 5.41) is 0. The summed E-state index contributed by atoms with van der Waals surface area (Å²) in [4.78, 5) is 22.2. The van der Waals surface area contributed by atoms with E-state index in [1.807, 2.05) is 4.90 Å². The molecule has 2 aliphatic rings. The van der Waals surface area contributed by atoms with Gasteiger partial charge in [0, 0.05) is 38.1 Å². The summed E-state index contributed by atoms with van der Waals surface area (Å²) in [5.41, 5.74) is 6.97. The zero-order chi connectivity index (χ0) is 13.2. The molecule has 2 saturated heterocycles. The molecule has 0 spiro atoms. The number of carbonyl (C=O) groups excluding carboxylic acids is 1. The van der Waals surface area contributed by atoms with Gasteiger partial charge in [0.2, 0.25) is 0 Å². The van der Waals surface area contributed by atoms with Crippen LogP contribution in [0, 0.1) is 11.8 Å². The van der Waals surface area contributed by atoms with E-state index in [0.29, 0.717) is 23.6 Å². The van der Waals surface area contributed by atoms with Crippen LogP contribution in [0.5, 0.6) is 0 Å². The van der Waals surface area contributed by atoms with Crippen molar-refractivity contribution in [1.82, 2.24) is 25.7 Å². The third kappa shape index (κ3) is 2.46. The molecule has 3 atom stereocenters. The molecule has 1 aromatic rings. The minimum Gasteiger partial charge on any atom is -0.337 e. The van der Waals surface area contributed by atoms with Gasteiger partial charge < -0.3 is 4.90 Å². The standard InChI is InChI=1S/C13H19N5O/c1-9-6-16-17-12(9)10-2-5-18(8-10)13(19)11-7-14-3-4-15-11/h3-4,7,9-10,12,16-17H,2,5-6,8H2,1H3. The fourth-order valence-electron chi connectivity index (χ4n) is 3.03. The number of amides is 1. The number of nitrogens with one attached hydrogen (secondary N) is 2. The second-order valence-corrected chi connectivity index (χ2v) is 5.42. The molecule has 6 heteroatoms. The van der Waals surface area contributed by atoms with Gasteiger partial charge in [-0.25, -0.2) is 4.98 Å². The number of likely N-dealkylation sites (tertiary alicyclic amines) is 1. The Labute approximate surface area is 112 Å². The molecule has 102 valence electrons. The smallest absolute Gasteiger partial charge is 0.274 e. The molecular weight excluding hydrogens is 242 g/mol. The van der Waals surface area contributed by atoms with Crippen LogP contribution in [0.1, 0.15) is 23.8 Å². The van der Waals surface area contributed by atoms with Gasteiger partial charge in [0.1, 0.15) is 5.69 Å². The van der Waals surface area contributed by atoms with Crippen LogP contribution in [0.15, 0.2) is 18.6 Å². The van der Waals surface area contributed by atoms with E-state index >= 15 is 0 Å². The molecule has 0 aliphatic carbocycles. The van der Waals surface area contributed by atoms with E-state index in [-0.39, 0.29) is 5.91 Å². The first-order chi connectivity index (χ1) is 9.25. The van der Waals surface area contributed by atoms with Gasteiger partial charge in [0.05, 0.1) is 6.20 Å². The number of aromatic nitrogens is 2. The molecule has 3 unspecified atom stereocenters. The van der Waals surface area contributed by atoms with Crippen molar-refractivity contribution >= 4 is 5.91 Å². The molecular formula is C13H19N5O. The van der Waals surface area contributed by atoms with Crippen molar-refractivity contribution in [3.05, 3.63) is 24.3 Å². The Morgan fingerprint density at radius 1 is 1.47 bits per heavy atom. The summed E-state index contributed by atoms with van der Waals surface area (Å²) in [6.07, 6.45) is 5.73. The summed E-state index contributed by atoms with van der Waals surface area (Å²) >= 11 is 0. The molecule has 0 radical (unpaired) electrons. The average molecular weight is 261 g/mol. The number of hydrogen-bond donors (Lipinski definition) is 2. The first-order valence-corrected chi connectivity index (χ1v) is 6.79. The van der Waals surface area contributed by atoms with Gasteiger partial charge in [0.25, 0.3) is 5.91 Å². The fraction of sp³-hybridized carbons (Fsp3) is 0.615. The predicted molar refractivity (Wildman–Crippen MR) is 70.1 cm³/mol. The number of hydrogen-bond acceptors (Lipinski definition) is 5. The number of rotatable bonds is 2. The van der Waals surface area contributed by atoms with Crippen LogP contribution in [0.3, 0.4) is 0 Å². The summed E-state index contributed by atoms with van der Waals surface area (Å²) in [7, 11) is 0. The van der Waals surface area contributed by atoms with Crippen LogP contribution in [0.25, 0.3) is 0 Å². The normalized spacial score (nSPS) is 30.8. The highest BCUT2D eigenvalue weighted by molar-refractivity contribution is 5.92. The van der Waals surface area contributed by atoms with Crippen LogP contribution < -0.4 is 10.9 Å². The van der Waals surface area contributed by atoms with Crippen LogP contribution in [-0.2, 0) is 0 Å². The summed E-state index contributed by atoms with van der Waals surface area (Å²) < 4.78 is 0. The number of hydrazine groups is 1. The average Bonchev–Trinajstić information content (AvgIpc) is 3.07. The Morgan fingerprint density at radius 3 is 3.05 bits per heavy atom. The van der Waals surface area contributed by atoms with E-state index in [9.17, 15) is 4.79 Å². The molecule has 2 N–H and O–H groups in total. The van der Waals surface area contributed by atoms with Gasteiger partial charge in [-0.15, -0.1) is 0 Å². The largest absolute Gasteiger partial charge is 0.337 e. The first-order valence-electron chi connectivity index (χ1n) is 6.79. The molecule has 0 bridgehead atoms. The third-order valence-electron chi connectivity index (χ3n) is 4.11. The molecule has 2 aliphatic heterocycles. The van der Waals surface area contributed by atoms with Crippen molar-refractivity contribution in [2.24, 2.45) is 11.8 Å². The lowest BCUT2D eigenvalue weighted by Crippen LogP contribution is -2.39. The monoisotopic (exact) mass is 261 g/mol. The molecule has 1 aromatic heterocycles. The van der Waals surface area contributed by atoms with Crippen molar-refractivity contribution in [3.8, 4) is 0 Å². The maximum atomic E-state index is 12.3. The van der Waals surface area contributed by atoms with Crippen molar-refractivity contribution in [2.75, 3.05) is 19.6 Å². The first kappa shape index (κ1) is 12.5. The molecule has 3 heterocycles. The summed E-state index contributed by atoms with van der Waals surface area (Å²) in [5.74, 6) is 1.12. The molecule has 3 rings (SSSR count). The SMILES string of the molecule is CC1CNNC1C1CCN(C(=O)c2cnccn2)C1. The molecule has 0 aromatic carbocycles. The van der Waals surface area contributed by atoms with Crippen molar-refractivity contribution < 1.29 is 4.79 Å². The fourth-order valence-corrected chi connectivity index (χ4v) is 3.03. The van der Waals surface area contributed by atoms with E-state index in [0.717, 1.165) is 26.1 Å². The van der Waals surface area contributed by atoms with Crippen molar-refractivity contribution in [2.45, 2.75) is 19.4 Å². The Hall–Kier alpha value is -1.53. The summed E-state index contributed by atoms with van der Waals surface area (Å²) in [6, 6.07) is 0.458. The van der Waals surface area contributed by atoms with Crippen LogP contribution in [0.4, 0.5) is 0 Å². The molecule has 0 saturated carbocycles. The highest BCUT2D eigenvalue weighted by Crippen LogP contribution is 2.26. The lowest BCUT2D eigenvalue weighted by Gasteiger charge is -2.22. The van der Waals surface area contributed by atoms with Gasteiger partial charge >= 0.3 is 0 Å². The molecule has 1 amide bonds. The van der Waals surface area contributed by atoms with Crippen molar-refractivity contribution in [3.63, 3.8) is 0 Å². The quantitative estimate of drug-likeness (QED) is 0.787. The van der Waals surface area contributed by atoms with E-state index in [2.05, 4.69) is 27.7 Å². The van der Waals surface area contributed by atoms with E-state index in [1.165, 1.54) is 6.20 Å². The number of nitrogens with zero attached hydrogens (tertiary/aromatic N) is 3. The zero-order valence-electron chi connectivity index (χ0n) is 11.0. The maximum absolute atomic E-state index is 12.3. The lowest BCUT2D eigenvalue weighted by molar-refractivity contribution is 0.0777. The van der Waals surface area contributed by atoms with Crippen LogP contribution in [-0.4, -0.2) is 46.5 Å². The van der Waals surface area contributed by atoms with Crippen LogP contribution in [0.2, 0.25) is 0 Å². The van der Waals surface area contributed by atoms with Gasteiger partial charge in [-0.05, 0) is 18.3 Å². The second kappa shape index (κ2) is 5.22. The van der Waals surface area contributed by atoms with Crippen LogP contribution >= 0.6 is 0 Å². The summed E-state index contributed by atoms with van der Waals surface area (Å²) in [6.45, 7) is 4.86. The maximum Gasteiger partial charge on any atom is 0.274 e. The molecule has 19 heavy (non-hydrogen) atoms. The van der Waals surface area contributed by atoms with Gasteiger partial charge in [-0.1, -0.05) is 6.92 Å². The van der Waals surface area contributed by atoms with E-state index in [4.69, 9.17) is 0 Å². The van der Waals surface area contributed by atoms with E-state index < -0.39 is 0 Å². The Kier molecular flexibility index (Phi) is 3.44. The predicted octanol–water partition coefficient (Wildman–Crippen LogP) is 0.0512. The number of carbonyl (C=O) groups is 1. The van der Waals surface area contributed by atoms with Gasteiger partial charge in [-0.2, -0.15) is 0 Å². The molecule has 6 nitrogen and oxygen atoms in total. The minimum absolute atomic E-state index is 0.00536. The minimum atomic E-state index is -0.00536. The third-order valence-corrected chi connectivity index (χ3v) is 4.11. The van der Waals surface area contributed by atoms with E-state index in [1.54, 1.807) is 12.4 Å². The Morgan fingerprint density at radius 2 is 2.37 bits per heavy atom. The lowest BCUT2D eigenvalue weighted by atomic mass is 9.90. The van der Waals surface area contributed by atoms with Gasteiger partial charge in [-0.3, -0.25) is 20.6 Å². The Balaban J connectivity index is 1.64. The van der Waals surface area contributed by atoms with Gasteiger partial charge in [0.15, 0.2) is 0 Å². The highest BCUT2D eigenvalue weighted by Gasteiger charge is 2.37.